The van der Waals surface area contributed by atoms with E-state index in [4.69, 9.17) is 0 Å². The third-order valence-corrected chi connectivity index (χ3v) is 8.76. The molecule has 1 aliphatic rings. The van der Waals surface area contributed by atoms with Gasteiger partial charge in [0.2, 0.25) is 0 Å². The summed E-state index contributed by atoms with van der Waals surface area (Å²) in [6.45, 7) is 1.65. The van der Waals surface area contributed by atoms with Crippen molar-refractivity contribution in [1.82, 2.24) is 4.57 Å². The summed E-state index contributed by atoms with van der Waals surface area (Å²) in [6.07, 6.45) is -4.46. The molecule has 7 heteroatoms. The summed E-state index contributed by atoms with van der Waals surface area (Å²) in [5.74, 6) is -0.826. The highest BCUT2D eigenvalue weighted by Crippen LogP contribution is 2.40. The number of para-hydroxylation sites is 1. The minimum Gasteiger partial charge on any atom is -0.308 e. The maximum Gasteiger partial charge on any atom is 0.416 e. The van der Waals surface area contributed by atoms with Gasteiger partial charge >= 0.3 is 6.18 Å². The van der Waals surface area contributed by atoms with Crippen LogP contribution in [0.4, 0.5) is 18.9 Å². The number of carbonyl (C=O) groups excluding carboxylic acids is 2. The molecule has 0 bridgehead atoms. The van der Waals surface area contributed by atoms with Crippen molar-refractivity contribution in [3.8, 4) is 27.9 Å². The molecule has 0 aliphatic carbocycles. The molecule has 0 fully saturated rings. The van der Waals surface area contributed by atoms with Gasteiger partial charge in [-0.25, -0.2) is 4.90 Å². The maximum absolute atomic E-state index is 14.2. The number of imide groups is 1. The fourth-order valence-electron chi connectivity index (χ4n) is 6.67. The molecule has 0 atom stereocenters. The number of anilines is 1. The van der Waals surface area contributed by atoms with Crippen molar-refractivity contribution >= 4 is 39.3 Å². The third-order valence-electron chi connectivity index (χ3n) is 8.76. The molecule has 2 heterocycles. The predicted molar refractivity (Wildman–Crippen MR) is 179 cm³/mol. The molecule has 0 saturated heterocycles. The molecule has 1 aliphatic heterocycles. The van der Waals surface area contributed by atoms with Gasteiger partial charge in [-0.05, 0) is 89.3 Å². The highest BCUT2D eigenvalue weighted by Gasteiger charge is 2.39. The molecule has 2 amide bonds. The zero-order valence-electron chi connectivity index (χ0n) is 25.0. The van der Waals surface area contributed by atoms with Gasteiger partial charge in [0.15, 0.2) is 0 Å². The number of hydrogen-bond donors (Lipinski definition) is 0. The Hall–Kier alpha value is -5.95. The first kappa shape index (κ1) is 28.5. The lowest BCUT2D eigenvalue weighted by Gasteiger charge is -2.16. The summed E-state index contributed by atoms with van der Waals surface area (Å²) >= 11 is 0. The normalized spacial score (nSPS) is 13.1. The number of amides is 2. The highest BCUT2D eigenvalue weighted by molar-refractivity contribution is 6.36. The van der Waals surface area contributed by atoms with Gasteiger partial charge < -0.3 is 4.57 Å². The van der Waals surface area contributed by atoms with Crippen LogP contribution in [0.1, 0.15) is 31.8 Å². The lowest BCUT2D eigenvalue weighted by atomic mass is 9.98. The number of rotatable bonds is 4. The van der Waals surface area contributed by atoms with Crippen LogP contribution >= 0.6 is 0 Å². The van der Waals surface area contributed by atoms with E-state index in [0.717, 1.165) is 39.0 Å². The molecule has 0 N–H and O–H groups in total. The molecular formula is C40H25F3N2O2. The SMILES string of the molecule is Cc1cc(-c2ccc3c(c2)c2ccccc2n3-c2cccc3c2C(=O)N(c2cccc(-c4ccccc4)c2)C3=O)cc(C(F)(F)F)c1. The standard InChI is InChI=1S/C40H25F3N2O2/c1-24-19-28(21-29(20-24)40(41,42)43)27-17-18-35-33(23-27)31-13-5-6-15-34(31)45(35)36-16-8-14-32-37(36)39(47)44(38(32)46)30-12-7-11-26(22-30)25-9-3-2-4-10-25/h2-23H,1H3. The van der Waals surface area contributed by atoms with Gasteiger partial charge in [0.05, 0.1) is 39.1 Å². The Morgan fingerprint density at radius 2 is 1.26 bits per heavy atom. The molecule has 4 nitrogen and oxygen atoms in total. The Kier molecular flexibility index (Phi) is 6.41. The van der Waals surface area contributed by atoms with Crippen LogP contribution in [-0.4, -0.2) is 16.4 Å². The molecule has 47 heavy (non-hydrogen) atoms. The summed E-state index contributed by atoms with van der Waals surface area (Å²) in [7, 11) is 0. The number of benzene rings is 6. The number of halogens is 3. The van der Waals surface area contributed by atoms with Crippen LogP contribution in [0.3, 0.4) is 0 Å². The Morgan fingerprint density at radius 3 is 2.06 bits per heavy atom. The van der Waals surface area contributed by atoms with E-state index in [1.54, 1.807) is 37.3 Å². The molecule has 6 aromatic carbocycles. The first-order valence-electron chi connectivity index (χ1n) is 15.1. The van der Waals surface area contributed by atoms with Crippen LogP contribution in [0.25, 0.3) is 49.7 Å². The quantitative estimate of drug-likeness (QED) is 0.183. The predicted octanol–water partition coefficient (Wildman–Crippen LogP) is 10.2. The fourth-order valence-corrected chi connectivity index (χ4v) is 6.67. The molecule has 0 saturated carbocycles. The van der Waals surface area contributed by atoms with Gasteiger partial charge in [-0.15, -0.1) is 0 Å². The number of aromatic nitrogens is 1. The second-order valence-electron chi connectivity index (χ2n) is 11.7. The smallest absolute Gasteiger partial charge is 0.308 e. The van der Waals surface area contributed by atoms with Crippen molar-refractivity contribution in [1.29, 1.82) is 0 Å². The number of carbonyl (C=O) groups is 2. The van der Waals surface area contributed by atoms with Crippen molar-refractivity contribution in [3.63, 3.8) is 0 Å². The van der Waals surface area contributed by atoms with Gasteiger partial charge in [-0.3, -0.25) is 9.59 Å². The average molecular weight is 623 g/mol. The summed E-state index contributed by atoms with van der Waals surface area (Å²) in [6, 6.07) is 39.7. The van der Waals surface area contributed by atoms with Crippen LogP contribution in [0.15, 0.2) is 133 Å². The van der Waals surface area contributed by atoms with Crippen molar-refractivity contribution in [2.24, 2.45) is 0 Å². The maximum atomic E-state index is 14.2. The average Bonchev–Trinajstić information content (AvgIpc) is 3.55. The van der Waals surface area contributed by atoms with Gasteiger partial charge in [-0.2, -0.15) is 13.2 Å². The second-order valence-corrected chi connectivity index (χ2v) is 11.7. The van der Waals surface area contributed by atoms with Crippen LogP contribution < -0.4 is 4.90 Å². The summed E-state index contributed by atoms with van der Waals surface area (Å²) in [5, 5.41) is 1.69. The number of nitrogens with zero attached hydrogens (tertiary/aromatic N) is 2. The number of hydrogen-bond acceptors (Lipinski definition) is 2. The third kappa shape index (κ3) is 4.62. The molecule has 0 unspecified atom stereocenters. The lowest BCUT2D eigenvalue weighted by Crippen LogP contribution is -2.29. The lowest BCUT2D eigenvalue weighted by molar-refractivity contribution is -0.137. The van der Waals surface area contributed by atoms with Crippen LogP contribution in [0.2, 0.25) is 0 Å². The van der Waals surface area contributed by atoms with E-state index in [0.29, 0.717) is 39.2 Å². The van der Waals surface area contributed by atoms with E-state index in [-0.39, 0.29) is 0 Å². The number of aryl methyl sites for hydroxylation is 1. The van der Waals surface area contributed by atoms with Crippen molar-refractivity contribution in [2.75, 3.05) is 4.90 Å². The molecule has 0 radical (unpaired) electrons. The molecule has 7 aromatic rings. The molecular weight excluding hydrogens is 597 g/mol. The minimum atomic E-state index is -4.46. The Morgan fingerprint density at radius 1 is 0.553 bits per heavy atom. The number of fused-ring (bicyclic) bond motifs is 4. The van der Waals surface area contributed by atoms with Crippen molar-refractivity contribution < 1.29 is 22.8 Å². The van der Waals surface area contributed by atoms with Gasteiger partial charge in [0, 0.05) is 10.8 Å². The van der Waals surface area contributed by atoms with Gasteiger partial charge in [-0.1, -0.05) is 78.9 Å². The molecule has 1 aromatic heterocycles. The fraction of sp³-hybridized carbons (Fsp3) is 0.0500. The molecule has 228 valence electrons. The molecule has 8 rings (SSSR count). The minimum absolute atomic E-state index is 0.294. The van der Waals surface area contributed by atoms with E-state index < -0.39 is 23.6 Å². The van der Waals surface area contributed by atoms with Crippen LogP contribution in [-0.2, 0) is 6.18 Å². The Balaban J connectivity index is 1.28. The summed E-state index contributed by atoms with van der Waals surface area (Å²) in [4.78, 5) is 29.3. The van der Waals surface area contributed by atoms with E-state index in [1.807, 2.05) is 95.6 Å². The van der Waals surface area contributed by atoms with E-state index in [1.165, 1.54) is 11.0 Å². The first-order chi connectivity index (χ1) is 22.7. The first-order valence-corrected chi connectivity index (χ1v) is 15.1. The van der Waals surface area contributed by atoms with E-state index in [2.05, 4.69) is 0 Å². The largest absolute Gasteiger partial charge is 0.416 e. The van der Waals surface area contributed by atoms with E-state index >= 15 is 0 Å². The summed E-state index contributed by atoms with van der Waals surface area (Å²) < 4.78 is 42.9. The number of alkyl halides is 3. The van der Waals surface area contributed by atoms with E-state index in [9.17, 15) is 22.8 Å². The zero-order chi connectivity index (χ0) is 32.4. The topological polar surface area (TPSA) is 42.3 Å². The summed E-state index contributed by atoms with van der Waals surface area (Å²) in [5.41, 5.74) is 5.97. The van der Waals surface area contributed by atoms with Gasteiger partial charge in [0.1, 0.15) is 0 Å². The monoisotopic (exact) mass is 622 g/mol. The van der Waals surface area contributed by atoms with Crippen molar-refractivity contribution in [2.45, 2.75) is 13.1 Å². The zero-order valence-corrected chi connectivity index (χ0v) is 25.0. The molecule has 0 spiro atoms. The van der Waals surface area contributed by atoms with Crippen molar-refractivity contribution in [3.05, 3.63) is 156 Å². The van der Waals surface area contributed by atoms with Gasteiger partial charge in [0.25, 0.3) is 11.8 Å². The highest BCUT2D eigenvalue weighted by atomic mass is 19.4. The second kappa shape index (κ2) is 10.6. The Labute approximate surface area is 267 Å². The van der Waals surface area contributed by atoms with Crippen LogP contribution in [0.5, 0.6) is 0 Å². The Bertz CT molecular complexity index is 2410. The van der Waals surface area contributed by atoms with Crippen LogP contribution in [0, 0.1) is 6.92 Å².